The summed E-state index contributed by atoms with van der Waals surface area (Å²) >= 11 is 0. The number of ether oxygens (including phenoxy) is 2. The van der Waals surface area contributed by atoms with Gasteiger partial charge in [-0.2, -0.15) is 0 Å². The fraction of sp³-hybridized carbons (Fsp3) is 0.300. The molecule has 0 radical (unpaired) electrons. The van der Waals surface area contributed by atoms with Gasteiger partial charge in [0.15, 0.2) is 6.61 Å². The summed E-state index contributed by atoms with van der Waals surface area (Å²) in [5, 5.41) is 2.72. The van der Waals surface area contributed by atoms with Crippen molar-refractivity contribution in [2.24, 2.45) is 0 Å². The lowest BCUT2D eigenvalue weighted by molar-refractivity contribution is -0.118. The number of esters is 1. The highest BCUT2D eigenvalue weighted by atomic mass is 16.5. The Labute approximate surface area is 148 Å². The molecule has 0 saturated heterocycles. The fourth-order valence-electron chi connectivity index (χ4n) is 2.21. The summed E-state index contributed by atoms with van der Waals surface area (Å²) in [6.45, 7) is 7.36. The molecule has 1 N–H and O–H groups in total. The molecule has 5 nitrogen and oxygen atoms in total. The first kappa shape index (κ1) is 18.5. The minimum absolute atomic E-state index is 0.106. The summed E-state index contributed by atoms with van der Waals surface area (Å²) in [6.07, 6.45) is -0.197. The average molecular weight is 341 g/mol. The summed E-state index contributed by atoms with van der Waals surface area (Å²) in [5.74, 6) is -0.0302. The van der Waals surface area contributed by atoms with Crippen LogP contribution in [0.15, 0.2) is 42.5 Å². The van der Waals surface area contributed by atoms with E-state index in [1.165, 1.54) is 0 Å². The zero-order valence-corrected chi connectivity index (χ0v) is 15.0. The summed E-state index contributed by atoms with van der Waals surface area (Å²) in [7, 11) is 0. The average Bonchev–Trinajstić information content (AvgIpc) is 2.55. The van der Waals surface area contributed by atoms with Gasteiger partial charge < -0.3 is 14.8 Å². The number of rotatable bonds is 6. The summed E-state index contributed by atoms with van der Waals surface area (Å²) in [5.41, 5.74) is 2.95. The van der Waals surface area contributed by atoms with Gasteiger partial charge in [-0.15, -0.1) is 0 Å². The van der Waals surface area contributed by atoms with E-state index >= 15 is 0 Å². The molecular formula is C20H23NO4. The lowest BCUT2D eigenvalue weighted by Crippen LogP contribution is -2.20. The van der Waals surface area contributed by atoms with Gasteiger partial charge in [0.05, 0.1) is 11.7 Å². The van der Waals surface area contributed by atoms with Gasteiger partial charge in [-0.05, 0) is 63.1 Å². The van der Waals surface area contributed by atoms with Gasteiger partial charge >= 0.3 is 5.97 Å². The van der Waals surface area contributed by atoms with Crippen LogP contribution >= 0.6 is 0 Å². The number of anilines is 1. The topological polar surface area (TPSA) is 64.6 Å². The van der Waals surface area contributed by atoms with E-state index in [-0.39, 0.29) is 18.6 Å². The Hall–Kier alpha value is -2.82. The number of aryl methyl sites for hydroxylation is 2. The molecule has 0 spiro atoms. The number of carbonyl (C=O) groups is 2. The van der Waals surface area contributed by atoms with E-state index in [4.69, 9.17) is 9.47 Å². The highest BCUT2D eigenvalue weighted by Gasteiger charge is 2.11. The fourth-order valence-corrected chi connectivity index (χ4v) is 2.21. The van der Waals surface area contributed by atoms with Gasteiger partial charge in [0.25, 0.3) is 5.91 Å². The molecular weight excluding hydrogens is 318 g/mol. The lowest BCUT2D eigenvalue weighted by atomic mass is 10.1. The van der Waals surface area contributed by atoms with Crippen molar-refractivity contribution in [3.05, 3.63) is 59.2 Å². The molecule has 2 aromatic rings. The Morgan fingerprint density at radius 3 is 2.56 bits per heavy atom. The lowest BCUT2D eigenvalue weighted by Gasteiger charge is -2.11. The second-order valence-corrected chi connectivity index (χ2v) is 6.14. The number of amides is 1. The Balaban J connectivity index is 1.96. The largest absolute Gasteiger partial charge is 0.483 e. The minimum Gasteiger partial charge on any atom is -0.483 e. The van der Waals surface area contributed by atoms with E-state index in [0.29, 0.717) is 17.0 Å². The van der Waals surface area contributed by atoms with Crippen LogP contribution in [-0.4, -0.2) is 24.6 Å². The molecule has 0 aliphatic carbocycles. The van der Waals surface area contributed by atoms with Crippen LogP contribution in [0.3, 0.4) is 0 Å². The molecule has 132 valence electrons. The van der Waals surface area contributed by atoms with Gasteiger partial charge in [-0.3, -0.25) is 4.79 Å². The third-order valence-electron chi connectivity index (χ3n) is 3.43. The van der Waals surface area contributed by atoms with Crippen molar-refractivity contribution in [2.45, 2.75) is 33.8 Å². The SMILES string of the molecule is Cc1ccc(C)c(OCC(=O)Nc2cccc(C(=O)OC(C)C)c2)c1. The van der Waals surface area contributed by atoms with Gasteiger partial charge in [-0.1, -0.05) is 18.2 Å². The van der Waals surface area contributed by atoms with Gasteiger partial charge in [0.1, 0.15) is 5.75 Å². The molecule has 0 aromatic heterocycles. The van der Waals surface area contributed by atoms with E-state index in [9.17, 15) is 9.59 Å². The van der Waals surface area contributed by atoms with Crippen LogP contribution in [0.5, 0.6) is 5.75 Å². The monoisotopic (exact) mass is 341 g/mol. The molecule has 1 amide bonds. The summed E-state index contributed by atoms with van der Waals surface area (Å²) < 4.78 is 10.7. The zero-order chi connectivity index (χ0) is 18.4. The number of hydrogen-bond acceptors (Lipinski definition) is 4. The maximum absolute atomic E-state index is 12.1. The maximum atomic E-state index is 12.1. The van der Waals surface area contributed by atoms with Gasteiger partial charge in [0.2, 0.25) is 0 Å². The standard InChI is InChI=1S/C20H23NO4/c1-13(2)25-20(23)16-6-5-7-17(11-16)21-19(22)12-24-18-10-14(3)8-9-15(18)4/h5-11,13H,12H2,1-4H3,(H,21,22). The number of benzene rings is 2. The molecule has 0 saturated carbocycles. The molecule has 25 heavy (non-hydrogen) atoms. The highest BCUT2D eigenvalue weighted by Crippen LogP contribution is 2.19. The number of carbonyl (C=O) groups excluding carboxylic acids is 2. The third-order valence-corrected chi connectivity index (χ3v) is 3.43. The molecule has 0 unspecified atom stereocenters. The van der Waals surface area contributed by atoms with Crippen LogP contribution in [0.4, 0.5) is 5.69 Å². The first-order valence-electron chi connectivity index (χ1n) is 8.16. The Morgan fingerprint density at radius 2 is 1.84 bits per heavy atom. The van der Waals surface area contributed by atoms with Crippen molar-refractivity contribution < 1.29 is 19.1 Å². The van der Waals surface area contributed by atoms with Crippen LogP contribution in [0.25, 0.3) is 0 Å². The van der Waals surface area contributed by atoms with E-state index in [1.807, 2.05) is 32.0 Å². The molecule has 0 atom stereocenters. The van der Waals surface area contributed by atoms with Crippen molar-refractivity contribution in [3.63, 3.8) is 0 Å². The second-order valence-electron chi connectivity index (χ2n) is 6.14. The predicted octanol–water partition coefficient (Wildman–Crippen LogP) is 3.89. The van der Waals surface area contributed by atoms with Gasteiger partial charge in [0, 0.05) is 5.69 Å². The molecule has 0 aliphatic heterocycles. The Morgan fingerprint density at radius 1 is 1.08 bits per heavy atom. The van der Waals surface area contributed by atoms with E-state index in [2.05, 4.69) is 5.32 Å². The van der Waals surface area contributed by atoms with Crippen LogP contribution in [0.2, 0.25) is 0 Å². The number of hydrogen-bond donors (Lipinski definition) is 1. The van der Waals surface area contributed by atoms with E-state index in [0.717, 1.165) is 11.1 Å². The molecule has 0 heterocycles. The van der Waals surface area contributed by atoms with Crippen LogP contribution < -0.4 is 10.1 Å². The molecule has 2 aromatic carbocycles. The summed E-state index contributed by atoms with van der Waals surface area (Å²) in [4.78, 5) is 24.0. The Kier molecular flexibility index (Phi) is 6.17. The second kappa shape index (κ2) is 8.33. The minimum atomic E-state index is -0.419. The third kappa shape index (κ3) is 5.64. The number of nitrogens with one attached hydrogen (secondary N) is 1. The normalized spacial score (nSPS) is 10.4. The van der Waals surface area contributed by atoms with Crippen molar-refractivity contribution >= 4 is 17.6 Å². The van der Waals surface area contributed by atoms with Crippen molar-refractivity contribution in [1.29, 1.82) is 0 Å². The smallest absolute Gasteiger partial charge is 0.338 e. The van der Waals surface area contributed by atoms with Crippen molar-refractivity contribution in [2.75, 3.05) is 11.9 Å². The van der Waals surface area contributed by atoms with Crippen molar-refractivity contribution in [3.8, 4) is 5.75 Å². The molecule has 5 heteroatoms. The Bertz CT molecular complexity index is 768. The van der Waals surface area contributed by atoms with Crippen LogP contribution in [-0.2, 0) is 9.53 Å². The first-order chi connectivity index (χ1) is 11.8. The first-order valence-corrected chi connectivity index (χ1v) is 8.16. The molecule has 2 rings (SSSR count). The highest BCUT2D eigenvalue weighted by molar-refractivity contribution is 5.95. The van der Waals surface area contributed by atoms with E-state index in [1.54, 1.807) is 38.1 Å². The van der Waals surface area contributed by atoms with Crippen LogP contribution in [0.1, 0.15) is 35.3 Å². The van der Waals surface area contributed by atoms with E-state index < -0.39 is 5.97 Å². The summed E-state index contributed by atoms with van der Waals surface area (Å²) in [6, 6.07) is 12.5. The van der Waals surface area contributed by atoms with Gasteiger partial charge in [-0.25, -0.2) is 4.79 Å². The van der Waals surface area contributed by atoms with Crippen LogP contribution in [0, 0.1) is 13.8 Å². The molecule has 0 aliphatic rings. The quantitative estimate of drug-likeness (QED) is 0.810. The maximum Gasteiger partial charge on any atom is 0.338 e. The zero-order valence-electron chi connectivity index (χ0n) is 15.0. The van der Waals surface area contributed by atoms with Crippen molar-refractivity contribution in [1.82, 2.24) is 0 Å². The molecule has 0 bridgehead atoms. The predicted molar refractivity (Wildman–Crippen MR) is 97.0 cm³/mol. The molecule has 0 fully saturated rings.